The van der Waals surface area contributed by atoms with Crippen molar-refractivity contribution in [3.8, 4) is 0 Å². The number of carbonyl (C=O) groups excluding carboxylic acids is 2. The molecule has 0 spiro atoms. The minimum atomic E-state index is -0.641. The molecule has 7 heteroatoms. The summed E-state index contributed by atoms with van der Waals surface area (Å²) in [6.45, 7) is 5.93. The van der Waals surface area contributed by atoms with E-state index in [9.17, 15) is 9.59 Å². The standard InChI is InChI=1S/C22H25Cl3N2O2/c1-4-14(2)26-22(29)15(3)27(13-17-6-5-7-18(23)10-17)21(28)12-16-8-9-19(24)20(25)11-16/h5-11,14-15H,4,12-13H2,1-3H3,(H,26,29)/t14-,15-/m1/s1. The van der Waals surface area contributed by atoms with Crippen LogP contribution in [0.4, 0.5) is 0 Å². The number of hydrogen-bond acceptors (Lipinski definition) is 2. The van der Waals surface area contributed by atoms with Crippen LogP contribution in [0.3, 0.4) is 0 Å². The molecule has 0 aliphatic rings. The zero-order chi connectivity index (χ0) is 21.6. The smallest absolute Gasteiger partial charge is 0.242 e. The largest absolute Gasteiger partial charge is 0.352 e. The fraction of sp³-hybridized carbons (Fsp3) is 0.364. The van der Waals surface area contributed by atoms with E-state index in [-0.39, 0.29) is 30.8 Å². The highest BCUT2D eigenvalue weighted by molar-refractivity contribution is 6.42. The Morgan fingerprint density at radius 2 is 1.72 bits per heavy atom. The quantitative estimate of drug-likeness (QED) is 0.569. The van der Waals surface area contributed by atoms with Gasteiger partial charge in [0.25, 0.3) is 0 Å². The van der Waals surface area contributed by atoms with Gasteiger partial charge in [0.05, 0.1) is 16.5 Å². The van der Waals surface area contributed by atoms with Crippen molar-refractivity contribution in [2.75, 3.05) is 0 Å². The van der Waals surface area contributed by atoms with Gasteiger partial charge in [-0.1, -0.05) is 59.9 Å². The zero-order valence-corrected chi connectivity index (χ0v) is 19.0. The van der Waals surface area contributed by atoms with E-state index in [0.29, 0.717) is 15.1 Å². The van der Waals surface area contributed by atoms with E-state index >= 15 is 0 Å². The van der Waals surface area contributed by atoms with Crippen LogP contribution in [0.2, 0.25) is 15.1 Å². The summed E-state index contributed by atoms with van der Waals surface area (Å²) in [6, 6.07) is 11.7. The van der Waals surface area contributed by atoms with E-state index in [4.69, 9.17) is 34.8 Å². The van der Waals surface area contributed by atoms with Crippen LogP contribution in [0.1, 0.15) is 38.3 Å². The SMILES string of the molecule is CC[C@@H](C)NC(=O)[C@@H](C)N(Cc1cccc(Cl)c1)C(=O)Cc1ccc(Cl)c(Cl)c1. The maximum atomic E-state index is 13.1. The second-order valence-electron chi connectivity index (χ2n) is 7.07. The molecule has 2 rings (SSSR count). The molecule has 0 bridgehead atoms. The van der Waals surface area contributed by atoms with Crippen molar-refractivity contribution in [1.82, 2.24) is 10.2 Å². The lowest BCUT2D eigenvalue weighted by Crippen LogP contribution is -2.49. The van der Waals surface area contributed by atoms with Gasteiger partial charge in [-0.05, 0) is 55.7 Å². The number of rotatable bonds is 8. The maximum absolute atomic E-state index is 13.1. The highest BCUT2D eigenvalue weighted by Crippen LogP contribution is 2.23. The summed E-state index contributed by atoms with van der Waals surface area (Å²) in [5.74, 6) is -0.376. The summed E-state index contributed by atoms with van der Waals surface area (Å²) in [6.07, 6.45) is 0.919. The summed E-state index contributed by atoms with van der Waals surface area (Å²) < 4.78 is 0. The van der Waals surface area contributed by atoms with E-state index in [2.05, 4.69) is 5.32 Å². The third-order valence-electron chi connectivity index (χ3n) is 4.75. The van der Waals surface area contributed by atoms with Crippen molar-refractivity contribution in [3.63, 3.8) is 0 Å². The molecule has 1 N–H and O–H groups in total. The lowest BCUT2D eigenvalue weighted by Gasteiger charge is -2.30. The first-order valence-electron chi connectivity index (χ1n) is 9.49. The number of benzene rings is 2. The molecular formula is C22H25Cl3N2O2. The van der Waals surface area contributed by atoms with Gasteiger partial charge in [-0.3, -0.25) is 9.59 Å². The second kappa shape index (κ2) is 10.9. The maximum Gasteiger partial charge on any atom is 0.242 e. The van der Waals surface area contributed by atoms with Crippen molar-refractivity contribution in [2.45, 2.75) is 52.2 Å². The van der Waals surface area contributed by atoms with Crippen LogP contribution in [-0.2, 0) is 22.6 Å². The topological polar surface area (TPSA) is 49.4 Å². The Morgan fingerprint density at radius 3 is 2.34 bits per heavy atom. The fourth-order valence-electron chi connectivity index (χ4n) is 2.81. The predicted octanol–water partition coefficient (Wildman–Crippen LogP) is 5.52. The van der Waals surface area contributed by atoms with Crippen molar-refractivity contribution >= 4 is 46.6 Å². The Bertz CT molecular complexity index is 873. The molecule has 2 atom stereocenters. The average Bonchev–Trinajstić information content (AvgIpc) is 2.68. The minimum Gasteiger partial charge on any atom is -0.352 e. The Morgan fingerprint density at radius 1 is 1.00 bits per heavy atom. The van der Waals surface area contributed by atoms with Gasteiger partial charge in [-0.15, -0.1) is 0 Å². The molecule has 156 valence electrons. The van der Waals surface area contributed by atoms with Gasteiger partial charge >= 0.3 is 0 Å². The molecule has 2 aromatic carbocycles. The number of carbonyl (C=O) groups is 2. The summed E-state index contributed by atoms with van der Waals surface area (Å²) in [7, 11) is 0. The molecule has 0 heterocycles. The Balaban J connectivity index is 2.25. The number of nitrogens with one attached hydrogen (secondary N) is 1. The first kappa shape index (κ1) is 23.5. The molecule has 0 saturated heterocycles. The van der Waals surface area contributed by atoms with Crippen molar-refractivity contribution in [1.29, 1.82) is 0 Å². The van der Waals surface area contributed by atoms with Crippen LogP contribution < -0.4 is 5.32 Å². The monoisotopic (exact) mass is 454 g/mol. The molecule has 2 aromatic rings. The molecule has 0 saturated carbocycles. The number of amides is 2. The van der Waals surface area contributed by atoms with Gasteiger partial charge in [0.1, 0.15) is 6.04 Å². The molecule has 4 nitrogen and oxygen atoms in total. The van der Waals surface area contributed by atoms with Crippen LogP contribution >= 0.6 is 34.8 Å². The molecule has 0 aromatic heterocycles. The van der Waals surface area contributed by atoms with E-state index in [0.717, 1.165) is 17.5 Å². The third-order valence-corrected chi connectivity index (χ3v) is 5.72. The van der Waals surface area contributed by atoms with Gasteiger partial charge in [-0.25, -0.2) is 0 Å². The van der Waals surface area contributed by atoms with Gasteiger partial charge in [-0.2, -0.15) is 0 Å². The van der Waals surface area contributed by atoms with Crippen LogP contribution in [0.15, 0.2) is 42.5 Å². The number of nitrogens with zero attached hydrogens (tertiary/aromatic N) is 1. The number of hydrogen-bond donors (Lipinski definition) is 1. The van der Waals surface area contributed by atoms with Crippen LogP contribution in [0.25, 0.3) is 0 Å². The predicted molar refractivity (Wildman–Crippen MR) is 120 cm³/mol. The molecule has 0 unspecified atom stereocenters. The molecule has 0 aliphatic carbocycles. The van der Waals surface area contributed by atoms with Crippen LogP contribution in [0, 0.1) is 0 Å². The summed E-state index contributed by atoms with van der Waals surface area (Å²) in [5, 5.41) is 4.34. The lowest BCUT2D eigenvalue weighted by molar-refractivity contribution is -0.140. The molecule has 29 heavy (non-hydrogen) atoms. The highest BCUT2D eigenvalue weighted by Gasteiger charge is 2.27. The summed E-state index contributed by atoms with van der Waals surface area (Å²) in [5.41, 5.74) is 1.58. The molecule has 2 amide bonds. The first-order valence-corrected chi connectivity index (χ1v) is 10.6. The second-order valence-corrected chi connectivity index (χ2v) is 8.32. The van der Waals surface area contributed by atoms with E-state index in [1.54, 1.807) is 42.2 Å². The molecule has 0 fully saturated rings. The Hall–Kier alpha value is -1.75. The van der Waals surface area contributed by atoms with Crippen molar-refractivity contribution in [3.05, 3.63) is 68.7 Å². The van der Waals surface area contributed by atoms with Crippen molar-refractivity contribution in [2.24, 2.45) is 0 Å². The molecule has 0 aliphatic heterocycles. The molecule has 0 radical (unpaired) electrons. The fourth-order valence-corrected chi connectivity index (χ4v) is 3.34. The van der Waals surface area contributed by atoms with Gasteiger partial charge < -0.3 is 10.2 Å². The zero-order valence-electron chi connectivity index (χ0n) is 16.7. The van der Waals surface area contributed by atoms with Gasteiger partial charge in [0.15, 0.2) is 0 Å². The first-order chi connectivity index (χ1) is 13.7. The van der Waals surface area contributed by atoms with Gasteiger partial charge in [0.2, 0.25) is 11.8 Å². The number of halogens is 3. The average molecular weight is 456 g/mol. The van der Waals surface area contributed by atoms with E-state index in [1.165, 1.54) is 0 Å². The van der Waals surface area contributed by atoms with Crippen molar-refractivity contribution < 1.29 is 9.59 Å². The lowest BCUT2D eigenvalue weighted by atomic mass is 10.1. The van der Waals surface area contributed by atoms with E-state index < -0.39 is 6.04 Å². The summed E-state index contributed by atoms with van der Waals surface area (Å²) in [4.78, 5) is 27.4. The highest BCUT2D eigenvalue weighted by atomic mass is 35.5. The Kier molecular flexibility index (Phi) is 8.81. The molecular weight excluding hydrogens is 431 g/mol. The minimum absolute atomic E-state index is 0.0307. The van der Waals surface area contributed by atoms with Crippen LogP contribution in [-0.4, -0.2) is 28.8 Å². The van der Waals surface area contributed by atoms with E-state index in [1.807, 2.05) is 26.0 Å². The van der Waals surface area contributed by atoms with Crippen LogP contribution in [0.5, 0.6) is 0 Å². The van der Waals surface area contributed by atoms with Gasteiger partial charge in [0, 0.05) is 17.6 Å². The third kappa shape index (κ3) is 6.91. The normalized spacial score (nSPS) is 12.9. The Labute approximate surface area is 187 Å². The summed E-state index contributed by atoms with van der Waals surface area (Å²) >= 11 is 18.1.